The fourth-order valence-electron chi connectivity index (χ4n) is 3.91. The molecule has 1 aromatic rings. The molecule has 2 fully saturated rings. The molecule has 0 aromatic heterocycles. The molecule has 0 radical (unpaired) electrons. The third kappa shape index (κ3) is 2.61. The lowest BCUT2D eigenvalue weighted by Crippen LogP contribution is -2.44. The van der Waals surface area contributed by atoms with Crippen LogP contribution in [0.5, 0.6) is 0 Å². The van der Waals surface area contributed by atoms with Gasteiger partial charge in [0.2, 0.25) is 0 Å². The maximum atomic E-state index is 6.09. The van der Waals surface area contributed by atoms with Crippen LogP contribution in [-0.2, 0) is 6.42 Å². The van der Waals surface area contributed by atoms with Gasteiger partial charge in [0, 0.05) is 23.1 Å². The first-order chi connectivity index (χ1) is 9.79. The molecule has 2 aliphatic carbocycles. The van der Waals surface area contributed by atoms with Crippen LogP contribution in [0.3, 0.4) is 0 Å². The fraction of sp³-hybridized carbons (Fsp3) is 0.647. The van der Waals surface area contributed by atoms with Crippen LogP contribution in [0.15, 0.2) is 18.2 Å². The molecule has 2 nitrogen and oxygen atoms in total. The quantitative estimate of drug-likeness (QED) is 0.916. The van der Waals surface area contributed by atoms with Gasteiger partial charge in [-0.15, -0.1) is 0 Å². The van der Waals surface area contributed by atoms with E-state index in [1.54, 1.807) is 0 Å². The van der Waals surface area contributed by atoms with Crippen LogP contribution in [0.4, 0.5) is 0 Å². The molecule has 0 spiro atoms. The molecular formula is C17H23ClN2. The molecule has 3 aliphatic rings. The van der Waals surface area contributed by atoms with Gasteiger partial charge in [0.1, 0.15) is 0 Å². The number of fused-ring (bicyclic) bond motifs is 1. The Morgan fingerprint density at radius 2 is 1.85 bits per heavy atom. The molecule has 4 rings (SSSR count). The maximum absolute atomic E-state index is 6.09. The molecule has 1 saturated carbocycles. The Morgan fingerprint density at radius 3 is 2.60 bits per heavy atom. The number of likely N-dealkylation sites (tertiary alicyclic amines) is 1. The van der Waals surface area contributed by atoms with Gasteiger partial charge in [0.15, 0.2) is 0 Å². The van der Waals surface area contributed by atoms with Crippen molar-refractivity contribution in [2.75, 3.05) is 13.1 Å². The number of halogens is 1. The average molecular weight is 291 g/mol. The highest BCUT2D eigenvalue weighted by Gasteiger charge is 2.33. The average Bonchev–Trinajstić information content (AvgIpc) is 3.23. The van der Waals surface area contributed by atoms with Gasteiger partial charge in [0.05, 0.1) is 0 Å². The van der Waals surface area contributed by atoms with E-state index >= 15 is 0 Å². The summed E-state index contributed by atoms with van der Waals surface area (Å²) in [7, 11) is 0. The molecule has 1 heterocycles. The summed E-state index contributed by atoms with van der Waals surface area (Å²) in [6.45, 7) is 2.59. The topological polar surface area (TPSA) is 15.3 Å². The Labute approximate surface area is 126 Å². The summed E-state index contributed by atoms with van der Waals surface area (Å²) in [6.07, 6.45) is 7.92. The third-order valence-corrected chi connectivity index (χ3v) is 5.45. The van der Waals surface area contributed by atoms with E-state index in [9.17, 15) is 0 Å². The Hall–Kier alpha value is -0.570. The summed E-state index contributed by atoms with van der Waals surface area (Å²) in [5.74, 6) is 0. The molecule has 108 valence electrons. The monoisotopic (exact) mass is 290 g/mol. The summed E-state index contributed by atoms with van der Waals surface area (Å²) in [4.78, 5) is 2.69. The molecule has 1 atom stereocenters. The standard InChI is InChI=1S/C17H23ClN2/c18-13-2-5-16-12(11-13)1-6-17(16)19-14-7-9-20(10-8-14)15-3-4-15/h2,5,11,14-15,17,19H,1,3-4,6-10H2. The smallest absolute Gasteiger partial charge is 0.0408 e. The van der Waals surface area contributed by atoms with Crippen LogP contribution in [0, 0.1) is 0 Å². The number of rotatable bonds is 3. The molecule has 0 bridgehead atoms. The Morgan fingerprint density at radius 1 is 1.05 bits per heavy atom. The lowest BCUT2D eigenvalue weighted by Gasteiger charge is -2.34. The van der Waals surface area contributed by atoms with Crippen molar-refractivity contribution in [3.8, 4) is 0 Å². The van der Waals surface area contributed by atoms with Crippen molar-refractivity contribution < 1.29 is 0 Å². The summed E-state index contributed by atoms with van der Waals surface area (Å²) < 4.78 is 0. The number of hydrogen-bond donors (Lipinski definition) is 1. The van der Waals surface area contributed by atoms with E-state index in [-0.39, 0.29) is 0 Å². The zero-order chi connectivity index (χ0) is 13.5. The number of aryl methyl sites for hydroxylation is 1. The number of piperidine rings is 1. The molecule has 3 heteroatoms. The summed E-state index contributed by atoms with van der Waals surface area (Å²) in [5.41, 5.74) is 2.93. The highest BCUT2D eigenvalue weighted by Crippen LogP contribution is 2.34. The van der Waals surface area contributed by atoms with Crippen molar-refractivity contribution in [3.63, 3.8) is 0 Å². The first kappa shape index (κ1) is 13.1. The van der Waals surface area contributed by atoms with Crippen molar-refractivity contribution in [2.24, 2.45) is 0 Å². The SMILES string of the molecule is Clc1ccc2c(c1)CCC2NC1CCN(C2CC2)CC1. The van der Waals surface area contributed by atoms with Gasteiger partial charge in [-0.1, -0.05) is 17.7 Å². The van der Waals surface area contributed by atoms with Gasteiger partial charge >= 0.3 is 0 Å². The van der Waals surface area contributed by atoms with Crippen molar-refractivity contribution in [1.82, 2.24) is 10.2 Å². The van der Waals surface area contributed by atoms with Crippen LogP contribution in [0.1, 0.15) is 49.3 Å². The largest absolute Gasteiger partial charge is 0.307 e. The highest BCUT2D eigenvalue weighted by molar-refractivity contribution is 6.30. The van der Waals surface area contributed by atoms with E-state index in [2.05, 4.69) is 22.3 Å². The van der Waals surface area contributed by atoms with Gasteiger partial charge in [-0.05, 0) is 74.9 Å². The van der Waals surface area contributed by atoms with Gasteiger partial charge in [-0.3, -0.25) is 0 Å². The Kier molecular flexibility index (Phi) is 3.49. The van der Waals surface area contributed by atoms with Gasteiger partial charge in [-0.2, -0.15) is 0 Å². The van der Waals surface area contributed by atoms with Crippen LogP contribution < -0.4 is 5.32 Å². The van der Waals surface area contributed by atoms with E-state index in [0.29, 0.717) is 12.1 Å². The Balaban J connectivity index is 1.37. The minimum absolute atomic E-state index is 0.555. The van der Waals surface area contributed by atoms with E-state index in [4.69, 9.17) is 11.6 Å². The molecule has 0 amide bonds. The Bertz CT molecular complexity index is 490. The molecular weight excluding hydrogens is 268 g/mol. The molecule has 1 saturated heterocycles. The first-order valence-corrected chi connectivity index (χ1v) is 8.46. The zero-order valence-electron chi connectivity index (χ0n) is 11.9. The molecule has 1 N–H and O–H groups in total. The summed E-state index contributed by atoms with van der Waals surface area (Å²) >= 11 is 6.09. The maximum Gasteiger partial charge on any atom is 0.0408 e. The van der Waals surface area contributed by atoms with Crippen molar-refractivity contribution in [3.05, 3.63) is 34.3 Å². The van der Waals surface area contributed by atoms with Crippen molar-refractivity contribution in [2.45, 2.75) is 56.7 Å². The summed E-state index contributed by atoms with van der Waals surface area (Å²) in [5, 5.41) is 4.78. The second kappa shape index (κ2) is 5.32. The lowest BCUT2D eigenvalue weighted by atomic mass is 10.0. The molecule has 1 aromatic carbocycles. The highest BCUT2D eigenvalue weighted by atomic mass is 35.5. The van der Waals surface area contributed by atoms with E-state index in [1.165, 1.54) is 62.7 Å². The minimum Gasteiger partial charge on any atom is -0.307 e. The number of benzene rings is 1. The normalized spacial score (nSPS) is 27.8. The van der Waals surface area contributed by atoms with Crippen molar-refractivity contribution in [1.29, 1.82) is 0 Å². The second-order valence-electron chi connectivity index (χ2n) is 6.64. The minimum atomic E-state index is 0.555. The van der Waals surface area contributed by atoms with Crippen LogP contribution in [-0.4, -0.2) is 30.1 Å². The zero-order valence-corrected chi connectivity index (χ0v) is 12.7. The predicted molar refractivity (Wildman–Crippen MR) is 83.3 cm³/mol. The van der Waals surface area contributed by atoms with Crippen LogP contribution >= 0.6 is 11.6 Å². The second-order valence-corrected chi connectivity index (χ2v) is 7.08. The number of hydrogen-bond acceptors (Lipinski definition) is 2. The van der Waals surface area contributed by atoms with E-state index < -0.39 is 0 Å². The van der Waals surface area contributed by atoms with Gasteiger partial charge in [-0.25, -0.2) is 0 Å². The lowest BCUT2D eigenvalue weighted by molar-refractivity contribution is 0.183. The number of nitrogens with zero attached hydrogens (tertiary/aromatic N) is 1. The number of nitrogens with one attached hydrogen (secondary N) is 1. The fourth-order valence-corrected chi connectivity index (χ4v) is 4.11. The molecule has 1 aliphatic heterocycles. The van der Waals surface area contributed by atoms with Crippen LogP contribution in [0.2, 0.25) is 5.02 Å². The van der Waals surface area contributed by atoms with E-state index in [1.807, 2.05) is 6.07 Å². The van der Waals surface area contributed by atoms with Gasteiger partial charge in [0.25, 0.3) is 0 Å². The predicted octanol–water partition coefficient (Wildman–Crippen LogP) is 3.54. The first-order valence-electron chi connectivity index (χ1n) is 8.08. The van der Waals surface area contributed by atoms with Crippen LogP contribution in [0.25, 0.3) is 0 Å². The van der Waals surface area contributed by atoms with Gasteiger partial charge < -0.3 is 10.2 Å². The molecule has 1 unspecified atom stereocenters. The van der Waals surface area contributed by atoms with E-state index in [0.717, 1.165) is 11.1 Å². The van der Waals surface area contributed by atoms with Crippen molar-refractivity contribution >= 4 is 11.6 Å². The third-order valence-electron chi connectivity index (χ3n) is 5.21. The molecule has 20 heavy (non-hydrogen) atoms. The summed E-state index contributed by atoms with van der Waals surface area (Å²) in [6, 6.07) is 8.60.